The summed E-state index contributed by atoms with van der Waals surface area (Å²) in [6, 6.07) is 14.7. The largest absolute Gasteiger partial charge is 0.466 e. The Morgan fingerprint density at radius 2 is 1.57 bits per heavy atom. The van der Waals surface area contributed by atoms with E-state index < -0.39 is 0 Å². The zero-order valence-corrected chi connectivity index (χ0v) is 12.9. The molecule has 0 aliphatic carbocycles. The van der Waals surface area contributed by atoms with Gasteiger partial charge in [0, 0.05) is 6.08 Å². The molecule has 2 heteroatoms. The number of benzene rings is 2. The molecule has 0 atom stereocenters. The number of rotatable bonds is 3. The number of carbonyl (C=O) groups excluding carboxylic acids is 1. The van der Waals surface area contributed by atoms with E-state index in [1.807, 2.05) is 19.1 Å². The Morgan fingerprint density at radius 3 is 2.14 bits per heavy atom. The van der Waals surface area contributed by atoms with Crippen LogP contribution in [0.5, 0.6) is 0 Å². The van der Waals surface area contributed by atoms with Gasteiger partial charge in [-0.1, -0.05) is 42.5 Å². The number of carbonyl (C=O) groups is 1. The third kappa shape index (κ3) is 3.60. The first kappa shape index (κ1) is 15.0. The lowest BCUT2D eigenvalue weighted by atomic mass is 9.98. The van der Waals surface area contributed by atoms with Crippen LogP contribution in [0.1, 0.15) is 23.6 Å². The van der Waals surface area contributed by atoms with E-state index >= 15 is 0 Å². The van der Waals surface area contributed by atoms with Crippen LogP contribution in [0.3, 0.4) is 0 Å². The third-order valence-corrected chi connectivity index (χ3v) is 3.72. The molecule has 0 radical (unpaired) electrons. The van der Waals surface area contributed by atoms with Crippen molar-refractivity contribution in [3.05, 3.63) is 65.2 Å². The molecule has 0 aliphatic rings. The number of esters is 1. The van der Waals surface area contributed by atoms with Crippen LogP contribution in [-0.4, -0.2) is 13.1 Å². The zero-order chi connectivity index (χ0) is 15.4. The summed E-state index contributed by atoms with van der Waals surface area (Å²) in [6.45, 7) is 6.14. The van der Waals surface area contributed by atoms with Crippen molar-refractivity contribution in [2.24, 2.45) is 0 Å². The van der Waals surface area contributed by atoms with Crippen molar-refractivity contribution in [3.63, 3.8) is 0 Å². The minimum absolute atomic E-state index is 0.328. The van der Waals surface area contributed by atoms with Gasteiger partial charge in [-0.05, 0) is 54.2 Å². The van der Waals surface area contributed by atoms with E-state index in [1.165, 1.54) is 35.4 Å². The highest BCUT2D eigenvalue weighted by molar-refractivity contribution is 5.91. The first-order chi connectivity index (χ1) is 10.0. The Kier molecular flexibility index (Phi) is 4.59. The van der Waals surface area contributed by atoms with Gasteiger partial charge in [-0.2, -0.15) is 0 Å². The topological polar surface area (TPSA) is 26.3 Å². The molecule has 0 unspecified atom stereocenters. The fourth-order valence-corrected chi connectivity index (χ4v) is 2.17. The van der Waals surface area contributed by atoms with Crippen molar-refractivity contribution >= 4 is 11.5 Å². The van der Waals surface area contributed by atoms with E-state index in [4.69, 9.17) is 0 Å². The average molecular weight is 280 g/mol. The van der Waals surface area contributed by atoms with Crippen LogP contribution in [0, 0.1) is 13.8 Å². The first-order valence-corrected chi connectivity index (χ1v) is 6.95. The van der Waals surface area contributed by atoms with E-state index in [0.29, 0.717) is 0 Å². The van der Waals surface area contributed by atoms with Crippen LogP contribution in [-0.2, 0) is 9.53 Å². The van der Waals surface area contributed by atoms with Crippen molar-refractivity contribution < 1.29 is 9.53 Å². The number of aryl methyl sites for hydroxylation is 2. The van der Waals surface area contributed by atoms with E-state index in [0.717, 1.165) is 11.1 Å². The van der Waals surface area contributed by atoms with Gasteiger partial charge >= 0.3 is 5.97 Å². The quantitative estimate of drug-likeness (QED) is 0.609. The maximum absolute atomic E-state index is 11.3. The van der Waals surface area contributed by atoms with Gasteiger partial charge in [0.25, 0.3) is 0 Å². The molecule has 2 aromatic rings. The van der Waals surface area contributed by atoms with Crippen molar-refractivity contribution in [2.45, 2.75) is 20.8 Å². The summed E-state index contributed by atoms with van der Waals surface area (Å²) in [5.41, 5.74) is 6.89. The second kappa shape index (κ2) is 6.40. The Labute approximate surface area is 126 Å². The van der Waals surface area contributed by atoms with Crippen LogP contribution >= 0.6 is 0 Å². The van der Waals surface area contributed by atoms with Crippen LogP contribution < -0.4 is 0 Å². The Balaban J connectivity index is 2.28. The summed E-state index contributed by atoms with van der Waals surface area (Å²) in [5, 5.41) is 0. The molecule has 0 saturated carbocycles. The molecule has 2 nitrogen and oxygen atoms in total. The molecule has 0 bridgehead atoms. The van der Waals surface area contributed by atoms with Gasteiger partial charge in [0.2, 0.25) is 0 Å². The monoisotopic (exact) mass is 280 g/mol. The van der Waals surface area contributed by atoms with Gasteiger partial charge in [0.1, 0.15) is 0 Å². The van der Waals surface area contributed by atoms with E-state index in [1.54, 1.807) is 0 Å². The molecule has 0 heterocycles. The average Bonchev–Trinajstić information content (AvgIpc) is 2.50. The van der Waals surface area contributed by atoms with Gasteiger partial charge in [0.15, 0.2) is 0 Å². The summed E-state index contributed by atoms with van der Waals surface area (Å²) in [5.74, 6) is -0.328. The lowest BCUT2D eigenvalue weighted by molar-refractivity contribution is -0.134. The predicted molar refractivity (Wildman–Crippen MR) is 87.0 cm³/mol. The van der Waals surface area contributed by atoms with Crippen molar-refractivity contribution in [3.8, 4) is 11.1 Å². The van der Waals surface area contributed by atoms with E-state index in [9.17, 15) is 4.79 Å². The summed E-state index contributed by atoms with van der Waals surface area (Å²) in [7, 11) is 1.38. The Bertz CT molecular complexity index is 679. The first-order valence-electron chi connectivity index (χ1n) is 6.95. The molecule has 2 aromatic carbocycles. The van der Waals surface area contributed by atoms with Gasteiger partial charge < -0.3 is 4.74 Å². The van der Waals surface area contributed by atoms with Crippen LogP contribution in [0.15, 0.2) is 48.5 Å². The molecule has 0 amide bonds. The number of hydrogen-bond donors (Lipinski definition) is 0. The fourth-order valence-electron chi connectivity index (χ4n) is 2.17. The molecule has 0 N–H and O–H groups in total. The highest BCUT2D eigenvalue weighted by atomic mass is 16.5. The van der Waals surface area contributed by atoms with Gasteiger partial charge in [-0.15, -0.1) is 0 Å². The Morgan fingerprint density at radius 1 is 0.952 bits per heavy atom. The summed E-state index contributed by atoms with van der Waals surface area (Å²) < 4.78 is 4.64. The third-order valence-electron chi connectivity index (χ3n) is 3.72. The predicted octanol–water partition coefficient (Wildman–Crippen LogP) is 4.55. The number of methoxy groups -OCH3 is 1. The van der Waals surface area contributed by atoms with Crippen LogP contribution in [0.4, 0.5) is 0 Å². The summed E-state index contributed by atoms with van der Waals surface area (Å²) >= 11 is 0. The van der Waals surface area contributed by atoms with Crippen LogP contribution in [0.25, 0.3) is 16.7 Å². The minimum atomic E-state index is -0.328. The smallest absolute Gasteiger partial charge is 0.330 e. The SMILES string of the molecule is COC(=O)/C=C(\C)c1ccc(-c2ccc(C)c(C)c2)cc1. The fraction of sp³-hybridized carbons (Fsp3) is 0.211. The molecule has 0 aromatic heterocycles. The van der Waals surface area contributed by atoms with Gasteiger partial charge in [0.05, 0.1) is 7.11 Å². The van der Waals surface area contributed by atoms with Crippen molar-refractivity contribution in [1.82, 2.24) is 0 Å². The second-order valence-electron chi connectivity index (χ2n) is 5.23. The molecule has 0 fully saturated rings. The Hall–Kier alpha value is -2.35. The summed E-state index contributed by atoms with van der Waals surface area (Å²) in [6.07, 6.45) is 1.50. The standard InChI is InChI=1S/C19H20O2/c1-13-5-6-18(11-14(13)2)17-9-7-16(8-10-17)15(3)12-19(20)21-4/h5-12H,1-4H3/b15-12+. The van der Waals surface area contributed by atoms with Gasteiger partial charge in [-0.25, -0.2) is 4.79 Å². The lowest BCUT2D eigenvalue weighted by Crippen LogP contribution is -1.95. The molecule has 0 aliphatic heterocycles. The highest BCUT2D eigenvalue weighted by Crippen LogP contribution is 2.24. The normalized spacial score (nSPS) is 11.3. The van der Waals surface area contributed by atoms with E-state index in [-0.39, 0.29) is 5.97 Å². The molecular weight excluding hydrogens is 260 g/mol. The summed E-state index contributed by atoms with van der Waals surface area (Å²) in [4.78, 5) is 11.3. The molecule has 2 rings (SSSR count). The number of allylic oxidation sites excluding steroid dienone is 1. The van der Waals surface area contributed by atoms with Gasteiger partial charge in [-0.3, -0.25) is 0 Å². The number of ether oxygens (including phenoxy) is 1. The van der Waals surface area contributed by atoms with Crippen molar-refractivity contribution in [2.75, 3.05) is 7.11 Å². The molecular formula is C19H20O2. The molecule has 21 heavy (non-hydrogen) atoms. The molecule has 0 saturated heterocycles. The maximum Gasteiger partial charge on any atom is 0.330 e. The lowest BCUT2D eigenvalue weighted by Gasteiger charge is -2.07. The maximum atomic E-state index is 11.3. The second-order valence-corrected chi connectivity index (χ2v) is 5.23. The minimum Gasteiger partial charge on any atom is -0.466 e. The van der Waals surface area contributed by atoms with E-state index in [2.05, 4.69) is 48.9 Å². The molecule has 108 valence electrons. The van der Waals surface area contributed by atoms with Crippen molar-refractivity contribution in [1.29, 1.82) is 0 Å². The highest BCUT2D eigenvalue weighted by Gasteiger charge is 2.03. The number of hydrogen-bond acceptors (Lipinski definition) is 2. The van der Waals surface area contributed by atoms with Crippen LogP contribution in [0.2, 0.25) is 0 Å². The molecule has 0 spiro atoms. The zero-order valence-electron chi connectivity index (χ0n) is 12.9.